The highest BCUT2D eigenvalue weighted by molar-refractivity contribution is 8.01. The van der Waals surface area contributed by atoms with Gasteiger partial charge in [-0.15, -0.1) is 10.2 Å². The summed E-state index contributed by atoms with van der Waals surface area (Å²) < 4.78 is 6.13. The van der Waals surface area contributed by atoms with E-state index in [9.17, 15) is 9.59 Å². The Balaban J connectivity index is 1.70. The standard InChI is InChI=1S/C15H24N4O3S2/c1-3-10(4-2)13(21)17-14-18-19-15(24-14)23-9-12(20)16-8-11-6-5-7-22-11/h10-11H,3-9H2,1-2H3,(H,16,20)(H,17,18,21)/t11-/m0/s1. The van der Waals surface area contributed by atoms with Gasteiger partial charge in [0.05, 0.1) is 11.9 Å². The minimum Gasteiger partial charge on any atom is -0.376 e. The highest BCUT2D eigenvalue weighted by Gasteiger charge is 2.18. The Bertz CT molecular complexity index is 543. The van der Waals surface area contributed by atoms with Gasteiger partial charge in [0.25, 0.3) is 0 Å². The van der Waals surface area contributed by atoms with Gasteiger partial charge in [-0.25, -0.2) is 0 Å². The van der Waals surface area contributed by atoms with Gasteiger partial charge in [0.15, 0.2) is 4.34 Å². The zero-order valence-electron chi connectivity index (χ0n) is 14.0. The average Bonchev–Trinajstić information content (AvgIpc) is 3.24. The topological polar surface area (TPSA) is 93.2 Å². The molecule has 2 N–H and O–H groups in total. The molecule has 1 fully saturated rings. The third-order valence-electron chi connectivity index (χ3n) is 3.87. The average molecular weight is 373 g/mol. The molecule has 1 aromatic rings. The summed E-state index contributed by atoms with van der Waals surface area (Å²) in [5.74, 6) is 0.200. The van der Waals surface area contributed by atoms with Gasteiger partial charge in [-0.05, 0) is 25.7 Å². The van der Waals surface area contributed by atoms with Crippen molar-refractivity contribution < 1.29 is 14.3 Å². The van der Waals surface area contributed by atoms with Gasteiger partial charge in [-0.3, -0.25) is 9.59 Å². The van der Waals surface area contributed by atoms with Crippen molar-refractivity contribution in [3.63, 3.8) is 0 Å². The maximum Gasteiger partial charge on any atom is 0.230 e. The number of carbonyl (C=O) groups excluding carboxylic acids is 2. The molecule has 1 aliphatic heterocycles. The van der Waals surface area contributed by atoms with Gasteiger partial charge in [-0.1, -0.05) is 36.9 Å². The van der Waals surface area contributed by atoms with Crippen molar-refractivity contribution in [1.29, 1.82) is 0 Å². The van der Waals surface area contributed by atoms with E-state index in [2.05, 4.69) is 20.8 Å². The predicted octanol–water partition coefficient (Wildman–Crippen LogP) is 2.30. The lowest BCUT2D eigenvalue weighted by atomic mass is 10.0. The van der Waals surface area contributed by atoms with Gasteiger partial charge in [-0.2, -0.15) is 0 Å². The van der Waals surface area contributed by atoms with Crippen molar-refractivity contribution in [3.05, 3.63) is 0 Å². The molecule has 2 rings (SSSR count). The smallest absolute Gasteiger partial charge is 0.230 e. The lowest BCUT2D eigenvalue weighted by molar-refractivity contribution is -0.120. The molecule has 1 aromatic heterocycles. The molecule has 0 aliphatic carbocycles. The van der Waals surface area contributed by atoms with E-state index in [-0.39, 0.29) is 29.6 Å². The van der Waals surface area contributed by atoms with Gasteiger partial charge >= 0.3 is 0 Å². The lowest BCUT2D eigenvalue weighted by Gasteiger charge is -2.10. The number of ether oxygens (including phenoxy) is 1. The Morgan fingerprint density at radius 3 is 2.83 bits per heavy atom. The first-order valence-corrected chi connectivity index (χ1v) is 10.1. The molecule has 0 aromatic carbocycles. The van der Waals surface area contributed by atoms with E-state index in [1.807, 2.05) is 13.8 Å². The lowest BCUT2D eigenvalue weighted by Crippen LogP contribution is -2.32. The molecule has 24 heavy (non-hydrogen) atoms. The zero-order valence-corrected chi connectivity index (χ0v) is 15.7. The first kappa shape index (κ1) is 19.1. The molecule has 2 amide bonds. The van der Waals surface area contributed by atoms with Gasteiger partial charge in [0.1, 0.15) is 0 Å². The number of hydrogen-bond donors (Lipinski definition) is 2. The molecule has 0 bridgehead atoms. The van der Waals surface area contributed by atoms with Crippen LogP contribution >= 0.6 is 23.1 Å². The maximum absolute atomic E-state index is 12.0. The van der Waals surface area contributed by atoms with E-state index in [1.165, 1.54) is 23.1 Å². The molecule has 134 valence electrons. The van der Waals surface area contributed by atoms with E-state index >= 15 is 0 Å². The summed E-state index contributed by atoms with van der Waals surface area (Å²) in [5.41, 5.74) is 0. The summed E-state index contributed by atoms with van der Waals surface area (Å²) in [7, 11) is 0. The van der Waals surface area contributed by atoms with Crippen molar-refractivity contribution >= 4 is 40.0 Å². The molecule has 1 atom stereocenters. The number of thioether (sulfide) groups is 1. The van der Waals surface area contributed by atoms with Crippen LogP contribution in [0, 0.1) is 5.92 Å². The Morgan fingerprint density at radius 1 is 1.38 bits per heavy atom. The van der Waals surface area contributed by atoms with Gasteiger partial charge in [0.2, 0.25) is 16.9 Å². The highest BCUT2D eigenvalue weighted by atomic mass is 32.2. The Morgan fingerprint density at radius 2 is 2.17 bits per heavy atom. The van der Waals surface area contributed by atoms with Crippen LogP contribution in [0.4, 0.5) is 5.13 Å². The number of aromatic nitrogens is 2. The van der Waals surface area contributed by atoms with Crippen LogP contribution in [0.3, 0.4) is 0 Å². The van der Waals surface area contributed by atoms with Crippen molar-refractivity contribution in [1.82, 2.24) is 15.5 Å². The molecule has 2 heterocycles. The first-order valence-electron chi connectivity index (χ1n) is 8.27. The molecule has 1 saturated heterocycles. The predicted molar refractivity (Wildman–Crippen MR) is 95.3 cm³/mol. The quantitative estimate of drug-likeness (QED) is 0.510. The normalized spacial score (nSPS) is 17.2. The second-order valence-electron chi connectivity index (χ2n) is 5.60. The Kier molecular flexibility index (Phi) is 7.93. The Labute approximate surface area is 150 Å². The van der Waals surface area contributed by atoms with Crippen molar-refractivity contribution in [2.24, 2.45) is 5.92 Å². The summed E-state index contributed by atoms with van der Waals surface area (Å²) in [6, 6.07) is 0. The van der Waals surface area contributed by atoms with E-state index in [1.54, 1.807) is 0 Å². The van der Waals surface area contributed by atoms with E-state index in [0.717, 1.165) is 32.3 Å². The largest absolute Gasteiger partial charge is 0.376 e. The van der Waals surface area contributed by atoms with Crippen LogP contribution in [0.15, 0.2) is 4.34 Å². The fourth-order valence-corrected chi connectivity index (χ4v) is 3.98. The van der Waals surface area contributed by atoms with Crippen LogP contribution in [0.5, 0.6) is 0 Å². The number of hydrogen-bond acceptors (Lipinski definition) is 7. The van der Waals surface area contributed by atoms with Gasteiger partial charge < -0.3 is 15.4 Å². The summed E-state index contributed by atoms with van der Waals surface area (Å²) in [6.07, 6.45) is 3.81. The monoisotopic (exact) mass is 372 g/mol. The number of nitrogens with zero attached hydrogens (tertiary/aromatic N) is 2. The SMILES string of the molecule is CCC(CC)C(=O)Nc1nnc(SCC(=O)NC[C@@H]2CCCO2)s1. The molecule has 0 radical (unpaired) electrons. The maximum atomic E-state index is 12.0. The van der Waals surface area contributed by atoms with Crippen molar-refractivity contribution in [2.45, 2.75) is 50.0 Å². The minimum atomic E-state index is -0.0479. The van der Waals surface area contributed by atoms with E-state index in [0.29, 0.717) is 16.0 Å². The van der Waals surface area contributed by atoms with Crippen LogP contribution in [0.2, 0.25) is 0 Å². The molecule has 0 unspecified atom stereocenters. The van der Waals surface area contributed by atoms with Crippen LogP contribution in [-0.4, -0.2) is 47.0 Å². The van der Waals surface area contributed by atoms with Gasteiger partial charge in [0, 0.05) is 19.1 Å². The molecule has 7 nitrogen and oxygen atoms in total. The zero-order chi connectivity index (χ0) is 17.4. The second-order valence-corrected chi connectivity index (χ2v) is 7.80. The number of rotatable bonds is 9. The molecular weight excluding hydrogens is 348 g/mol. The number of nitrogens with one attached hydrogen (secondary N) is 2. The third kappa shape index (κ3) is 6.03. The number of amides is 2. The molecule has 0 spiro atoms. The van der Waals surface area contributed by atoms with Crippen LogP contribution in [0.1, 0.15) is 39.5 Å². The summed E-state index contributed by atoms with van der Waals surface area (Å²) >= 11 is 2.61. The van der Waals surface area contributed by atoms with Crippen LogP contribution < -0.4 is 10.6 Å². The third-order valence-corrected chi connectivity index (χ3v) is 5.84. The Hall–Kier alpha value is -1.19. The van der Waals surface area contributed by atoms with Crippen molar-refractivity contribution in [3.8, 4) is 0 Å². The fourth-order valence-electron chi connectivity index (χ4n) is 2.40. The van der Waals surface area contributed by atoms with Crippen molar-refractivity contribution in [2.75, 3.05) is 24.2 Å². The minimum absolute atomic E-state index is 0.00594. The number of carbonyl (C=O) groups is 2. The molecule has 9 heteroatoms. The fraction of sp³-hybridized carbons (Fsp3) is 0.733. The van der Waals surface area contributed by atoms with Crippen LogP contribution in [-0.2, 0) is 14.3 Å². The van der Waals surface area contributed by atoms with E-state index < -0.39 is 0 Å². The second kappa shape index (κ2) is 9.95. The van der Waals surface area contributed by atoms with E-state index in [4.69, 9.17) is 4.74 Å². The molecular formula is C15H24N4O3S2. The highest BCUT2D eigenvalue weighted by Crippen LogP contribution is 2.26. The summed E-state index contributed by atoms with van der Waals surface area (Å²) in [5, 5.41) is 14.1. The number of anilines is 1. The first-order chi connectivity index (χ1) is 11.6. The summed E-state index contributed by atoms with van der Waals surface area (Å²) in [4.78, 5) is 23.8. The summed E-state index contributed by atoms with van der Waals surface area (Å²) in [6.45, 7) is 5.33. The van der Waals surface area contributed by atoms with Crippen LogP contribution in [0.25, 0.3) is 0 Å². The molecule has 0 saturated carbocycles. The molecule has 1 aliphatic rings.